The first-order valence-corrected chi connectivity index (χ1v) is 19.2. The lowest BCUT2D eigenvalue weighted by atomic mass is 9.72. The van der Waals surface area contributed by atoms with Crippen LogP contribution in [-0.2, 0) is 21.4 Å². The van der Waals surface area contributed by atoms with Gasteiger partial charge in [0.1, 0.15) is 11.6 Å². The molecule has 5 rings (SSSR count). The molecule has 0 unspecified atom stereocenters. The molecule has 1 atom stereocenters. The highest BCUT2D eigenvalue weighted by Crippen LogP contribution is 2.39. The molecule has 2 aliphatic rings. The number of hydrogen-bond acceptors (Lipinski definition) is 7. The van der Waals surface area contributed by atoms with Crippen molar-refractivity contribution in [2.45, 2.75) is 116 Å². The minimum Gasteiger partial charge on any atom is -0.480 e. The summed E-state index contributed by atoms with van der Waals surface area (Å²) in [6, 6.07) is 10.3. The van der Waals surface area contributed by atoms with E-state index in [0.717, 1.165) is 52.5 Å². The summed E-state index contributed by atoms with van der Waals surface area (Å²) in [5, 5.41) is 15.0. The normalized spacial score (nSPS) is 19.5. The van der Waals surface area contributed by atoms with Gasteiger partial charge in [-0.3, -0.25) is 9.59 Å². The third-order valence-corrected chi connectivity index (χ3v) is 12.1. The van der Waals surface area contributed by atoms with Gasteiger partial charge in [-0.2, -0.15) is 0 Å². The number of carbonyl (C=O) groups is 3. The van der Waals surface area contributed by atoms with Crippen LogP contribution in [0.5, 0.6) is 0 Å². The van der Waals surface area contributed by atoms with Gasteiger partial charge in [0, 0.05) is 30.0 Å². The van der Waals surface area contributed by atoms with Gasteiger partial charge in [-0.1, -0.05) is 77.6 Å². The molecule has 1 saturated carbocycles. The Labute approximate surface area is 301 Å². The lowest BCUT2D eigenvalue weighted by Crippen LogP contribution is -2.56. The zero-order chi connectivity index (χ0) is 36.1. The summed E-state index contributed by atoms with van der Waals surface area (Å²) in [6.07, 6.45) is 14.9. The number of thiophene rings is 1. The molecule has 3 heterocycles. The van der Waals surface area contributed by atoms with Crippen molar-refractivity contribution < 1.29 is 19.5 Å². The largest absolute Gasteiger partial charge is 0.480 e. The number of nitrogens with zero attached hydrogens (tertiary/aromatic N) is 3. The SMILES string of the molecule is CCCC1CCC(C2CCN(c3cnc(-c4ccc(C[C@H](NC(=O)c5ccc(C(C)(C)C)s5)C(=O)NC(C)(C)C(=O)O)cc4)nc3)CC2)CC1. The van der Waals surface area contributed by atoms with Gasteiger partial charge in [0.25, 0.3) is 5.91 Å². The van der Waals surface area contributed by atoms with Crippen molar-refractivity contribution in [2.24, 2.45) is 17.8 Å². The summed E-state index contributed by atoms with van der Waals surface area (Å²) in [6.45, 7) is 13.5. The highest BCUT2D eigenvalue weighted by molar-refractivity contribution is 7.14. The van der Waals surface area contributed by atoms with E-state index in [1.807, 2.05) is 42.7 Å². The predicted molar refractivity (Wildman–Crippen MR) is 201 cm³/mol. The molecular weight excluding hydrogens is 647 g/mol. The first-order chi connectivity index (χ1) is 23.7. The number of piperidine rings is 1. The maximum Gasteiger partial charge on any atom is 0.328 e. The second-order valence-corrected chi connectivity index (χ2v) is 17.0. The number of aromatic nitrogens is 2. The number of nitrogens with one attached hydrogen (secondary N) is 2. The van der Waals surface area contributed by atoms with Crippen molar-refractivity contribution in [1.82, 2.24) is 20.6 Å². The summed E-state index contributed by atoms with van der Waals surface area (Å²) >= 11 is 1.39. The Kier molecular flexibility index (Phi) is 12.0. The van der Waals surface area contributed by atoms with Gasteiger partial charge >= 0.3 is 5.97 Å². The van der Waals surface area contributed by atoms with E-state index in [9.17, 15) is 19.5 Å². The zero-order valence-corrected chi connectivity index (χ0v) is 31.4. The van der Waals surface area contributed by atoms with Crippen molar-refractivity contribution in [1.29, 1.82) is 0 Å². The van der Waals surface area contributed by atoms with E-state index in [1.165, 1.54) is 76.6 Å². The first kappa shape index (κ1) is 37.5. The van der Waals surface area contributed by atoms with Crippen LogP contribution in [0, 0.1) is 17.8 Å². The standard InChI is InChI=1S/C40H55N5O4S/c1-7-8-26-9-13-28(14-10-26)29-19-21-45(22-20-29)31-24-41-35(42-25-31)30-15-11-27(12-16-30)23-32(36(46)44-40(5,6)38(48)49)43-37(47)33-17-18-34(50-33)39(2,3)4/h11-12,15-18,24-26,28-29,32H,7-10,13-14,19-23H2,1-6H3,(H,43,47)(H,44,46)(H,48,49)/t26?,28?,32-/m0/s1. The van der Waals surface area contributed by atoms with E-state index in [2.05, 4.69) is 43.2 Å². The van der Waals surface area contributed by atoms with Gasteiger partial charge in [0.15, 0.2) is 5.82 Å². The van der Waals surface area contributed by atoms with E-state index in [1.54, 1.807) is 6.07 Å². The zero-order valence-electron chi connectivity index (χ0n) is 30.6. The fourth-order valence-electron chi connectivity index (χ4n) is 7.40. The Balaban J connectivity index is 1.20. The minimum atomic E-state index is -1.50. The number of hydrogen-bond donors (Lipinski definition) is 3. The summed E-state index contributed by atoms with van der Waals surface area (Å²) in [5.74, 6) is 1.21. The topological polar surface area (TPSA) is 125 Å². The Morgan fingerprint density at radius 1 is 0.900 bits per heavy atom. The van der Waals surface area contributed by atoms with Crippen LogP contribution in [0.4, 0.5) is 5.69 Å². The molecule has 3 aromatic rings. The van der Waals surface area contributed by atoms with E-state index < -0.39 is 23.5 Å². The summed E-state index contributed by atoms with van der Waals surface area (Å²) in [7, 11) is 0. The second-order valence-electron chi connectivity index (χ2n) is 15.9. The Morgan fingerprint density at radius 3 is 2.08 bits per heavy atom. The van der Waals surface area contributed by atoms with Gasteiger partial charge in [0.05, 0.1) is 23.0 Å². The fourth-order valence-corrected chi connectivity index (χ4v) is 8.36. The second kappa shape index (κ2) is 16.0. The number of carboxylic acid groups (broad SMARTS) is 1. The Bertz CT molecular complexity index is 1600. The van der Waals surface area contributed by atoms with E-state index >= 15 is 0 Å². The van der Waals surface area contributed by atoms with Crippen LogP contribution in [0.3, 0.4) is 0 Å². The van der Waals surface area contributed by atoms with Crippen molar-refractivity contribution in [3.63, 3.8) is 0 Å². The molecule has 2 aromatic heterocycles. The molecule has 9 nitrogen and oxygen atoms in total. The Hall–Kier alpha value is -3.79. The van der Waals surface area contributed by atoms with Crippen LogP contribution in [0.25, 0.3) is 11.4 Å². The van der Waals surface area contributed by atoms with Gasteiger partial charge in [-0.25, -0.2) is 14.8 Å². The maximum atomic E-state index is 13.4. The number of carbonyl (C=O) groups excluding carboxylic acids is 2. The van der Waals surface area contributed by atoms with Gasteiger partial charge in [-0.15, -0.1) is 11.3 Å². The van der Waals surface area contributed by atoms with Crippen molar-refractivity contribution in [3.8, 4) is 11.4 Å². The number of benzene rings is 1. The highest BCUT2D eigenvalue weighted by Gasteiger charge is 2.34. The number of amides is 2. The molecule has 0 spiro atoms. The monoisotopic (exact) mass is 701 g/mol. The lowest BCUT2D eigenvalue weighted by molar-refractivity contribution is -0.146. The number of carboxylic acids is 1. The summed E-state index contributed by atoms with van der Waals surface area (Å²) in [5.41, 5.74) is 1.11. The van der Waals surface area contributed by atoms with E-state index in [-0.39, 0.29) is 17.7 Å². The average Bonchev–Trinajstić information content (AvgIpc) is 3.61. The van der Waals surface area contributed by atoms with Gasteiger partial charge in [0.2, 0.25) is 5.91 Å². The maximum absolute atomic E-state index is 13.4. The molecule has 270 valence electrons. The Morgan fingerprint density at radius 2 is 1.52 bits per heavy atom. The molecule has 10 heteroatoms. The first-order valence-electron chi connectivity index (χ1n) is 18.4. The van der Waals surface area contributed by atoms with Crippen LogP contribution < -0.4 is 15.5 Å². The molecule has 2 amide bonds. The number of aliphatic carboxylic acids is 1. The molecule has 1 aliphatic carbocycles. The number of anilines is 1. The average molecular weight is 702 g/mol. The highest BCUT2D eigenvalue weighted by atomic mass is 32.1. The van der Waals surface area contributed by atoms with Crippen molar-refractivity contribution in [2.75, 3.05) is 18.0 Å². The van der Waals surface area contributed by atoms with Crippen LogP contribution in [-0.4, -0.2) is 57.5 Å². The molecule has 0 radical (unpaired) electrons. The van der Waals surface area contributed by atoms with E-state index in [0.29, 0.717) is 10.7 Å². The molecule has 2 fully saturated rings. The molecular formula is C40H55N5O4S. The van der Waals surface area contributed by atoms with Crippen LogP contribution in [0.2, 0.25) is 0 Å². The third-order valence-electron chi connectivity index (χ3n) is 10.6. The minimum absolute atomic E-state index is 0.110. The summed E-state index contributed by atoms with van der Waals surface area (Å²) in [4.78, 5) is 51.8. The lowest BCUT2D eigenvalue weighted by Gasteiger charge is -2.39. The fraction of sp³-hybridized carbons (Fsp3) is 0.575. The quantitative estimate of drug-likeness (QED) is 0.177. The number of rotatable bonds is 12. The van der Waals surface area contributed by atoms with Crippen molar-refractivity contribution >= 4 is 34.8 Å². The van der Waals surface area contributed by atoms with Gasteiger partial charge in [-0.05, 0) is 80.4 Å². The predicted octanol–water partition coefficient (Wildman–Crippen LogP) is 7.65. The molecule has 3 N–H and O–H groups in total. The molecule has 0 bridgehead atoms. The van der Waals surface area contributed by atoms with Crippen LogP contribution in [0.1, 0.15) is 113 Å². The van der Waals surface area contributed by atoms with E-state index in [4.69, 9.17) is 9.97 Å². The molecule has 1 aliphatic heterocycles. The molecule has 1 aromatic carbocycles. The van der Waals surface area contributed by atoms with Gasteiger partial charge < -0.3 is 20.6 Å². The third kappa shape index (κ3) is 9.50. The van der Waals surface area contributed by atoms with Crippen LogP contribution >= 0.6 is 11.3 Å². The van der Waals surface area contributed by atoms with Crippen LogP contribution in [0.15, 0.2) is 48.8 Å². The molecule has 50 heavy (non-hydrogen) atoms. The smallest absolute Gasteiger partial charge is 0.328 e. The summed E-state index contributed by atoms with van der Waals surface area (Å²) < 4.78 is 0. The molecule has 1 saturated heterocycles. The van der Waals surface area contributed by atoms with Crippen molar-refractivity contribution in [3.05, 3.63) is 64.1 Å².